The summed E-state index contributed by atoms with van der Waals surface area (Å²) in [6.07, 6.45) is 8.54. The second-order valence-corrected chi connectivity index (χ2v) is 12.0. The van der Waals surface area contributed by atoms with Gasteiger partial charge in [0.2, 0.25) is 5.91 Å². The van der Waals surface area contributed by atoms with Crippen molar-refractivity contribution in [1.29, 1.82) is 0 Å². The van der Waals surface area contributed by atoms with Gasteiger partial charge in [-0.2, -0.15) is 5.10 Å². The molecule has 0 bridgehead atoms. The lowest BCUT2D eigenvalue weighted by Gasteiger charge is -2.40. The smallest absolute Gasteiger partial charge is 0.226 e. The summed E-state index contributed by atoms with van der Waals surface area (Å²) in [5.74, 6) is 0.916. The van der Waals surface area contributed by atoms with E-state index in [0.717, 1.165) is 97.3 Å². The highest BCUT2D eigenvalue weighted by Crippen LogP contribution is 2.46. The maximum Gasteiger partial charge on any atom is 0.226 e. The maximum absolute atomic E-state index is 13.6. The molecule has 1 N–H and O–H groups in total. The number of ether oxygens (including phenoxy) is 3. The van der Waals surface area contributed by atoms with Crippen molar-refractivity contribution in [2.45, 2.75) is 83.0 Å². The van der Waals surface area contributed by atoms with Gasteiger partial charge < -0.3 is 24.4 Å². The minimum absolute atomic E-state index is 0.0972. The highest BCUT2D eigenvalue weighted by Gasteiger charge is 2.40. The molecule has 1 aromatic rings. The number of nitrogens with zero attached hydrogens (tertiary/aromatic N) is 4. The largest absolute Gasteiger partial charge is 0.384 e. The van der Waals surface area contributed by atoms with Crippen LogP contribution in [0, 0.1) is 11.3 Å². The Kier molecular flexibility index (Phi) is 10.6. The molecule has 2 heterocycles. The third-order valence-corrected chi connectivity index (χ3v) is 9.28. The van der Waals surface area contributed by atoms with Gasteiger partial charge in [0, 0.05) is 64.4 Å². The van der Waals surface area contributed by atoms with Gasteiger partial charge in [0.15, 0.2) is 0 Å². The Hall–Kier alpha value is -1.52. The average molecular weight is 534 g/mol. The summed E-state index contributed by atoms with van der Waals surface area (Å²) in [5.41, 5.74) is 3.97. The molecule has 4 rings (SSSR count). The van der Waals surface area contributed by atoms with Gasteiger partial charge in [0.05, 0.1) is 43.8 Å². The van der Waals surface area contributed by atoms with Gasteiger partial charge in [0.1, 0.15) is 0 Å². The van der Waals surface area contributed by atoms with Crippen molar-refractivity contribution < 1.29 is 19.0 Å². The van der Waals surface area contributed by atoms with Crippen LogP contribution in [0.3, 0.4) is 0 Å². The first-order valence-corrected chi connectivity index (χ1v) is 14.6. The van der Waals surface area contributed by atoms with Gasteiger partial charge >= 0.3 is 0 Å². The van der Waals surface area contributed by atoms with Crippen LogP contribution < -0.4 is 5.32 Å². The summed E-state index contributed by atoms with van der Waals surface area (Å²) >= 11 is 0. The lowest BCUT2D eigenvalue weighted by Crippen LogP contribution is -2.43. The third-order valence-electron chi connectivity index (χ3n) is 9.28. The van der Waals surface area contributed by atoms with E-state index in [1.807, 2.05) is 7.05 Å². The van der Waals surface area contributed by atoms with E-state index in [2.05, 4.69) is 26.8 Å². The first-order valence-electron chi connectivity index (χ1n) is 14.6. The van der Waals surface area contributed by atoms with Gasteiger partial charge in [-0.25, -0.2) is 0 Å². The molecule has 3 aliphatic rings. The molecular formula is C29H51N5O4. The molecule has 1 amide bonds. The molecule has 9 nitrogen and oxygen atoms in total. The van der Waals surface area contributed by atoms with Gasteiger partial charge in [-0.1, -0.05) is 0 Å². The summed E-state index contributed by atoms with van der Waals surface area (Å²) in [6.45, 7) is 6.47. The Morgan fingerprint density at radius 2 is 1.74 bits per heavy atom. The van der Waals surface area contributed by atoms with E-state index in [9.17, 15) is 4.79 Å². The van der Waals surface area contributed by atoms with Crippen molar-refractivity contribution >= 4 is 5.91 Å². The fourth-order valence-electron chi connectivity index (χ4n) is 7.07. The number of carbonyl (C=O) groups excluding carboxylic acids is 1. The number of amides is 1. The summed E-state index contributed by atoms with van der Waals surface area (Å²) < 4.78 is 19.0. The minimum Gasteiger partial charge on any atom is -0.384 e. The quantitative estimate of drug-likeness (QED) is 0.442. The number of nitrogens with one attached hydrogen (secondary N) is 1. The molecule has 1 aliphatic heterocycles. The van der Waals surface area contributed by atoms with Crippen molar-refractivity contribution in [2.24, 2.45) is 11.3 Å². The third kappa shape index (κ3) is 6.78. The number of methoxy groups -OCH3 is 3. The second-order valence-electron chi connectivity index (χ2n) is 12.0. The van der Waals surface area contributed by atoms with Gasteiger partial charge in [-0.05, 0) is 71.4 Å². The van der Waals surface area contributed by atoms with Crippen molar-refractivity contribution in [3.8, 4) is 0 Å². The Labute approximate surface area is 229 Å². The fourth-order valence-corrected chi connectivity index (χ4v) is 7.07. The van der Waals surface area contributed by atoms with Crippen molar-refractivity contribution in [3.63, 3.8) is 0 Å². The van der Waals surface area contributed by atoms with Gasteiger partial charge in [-0.3, -0.25) is 14.4 Å². The predicted molar refractivity (Wildman–Crippen MR) is 148 cm³/mol. The molecule has 0 aromatic carbocycles. The Morgan fingerprint density at radius 1 is 1.05 bits per heavy atom. The molecule has 2 aliphatic carbocycles. The number of rotatable bonds is 12. The Morgan fingerprint density at radius 3 is 2.34 bits per heavy atom. The molecule has 0 spiro atoms. The highest BCUT2D eigenvalue weighted by atomic mass is 16.5. The SMILES string of the molecule is CNCCN(C)Cc1nn2c(c1C1CCC(COC)(COC)CC1)CN(C(=O)C1CCC(OC)CC1)CC2. The number of likely N-dealkylation sites (N-methyl/N-ethyl adjacent to an activating group) is 2. The van der Waals surface area contributed by atoms with Crippen LogP contribution in [0.15, 0.2) is 0 Å². The van der Waals surface area contributed by atoms with E-state index in [1.165, 1.54) is 17.0 Å². The van der Waals surface area contributed by atoms with E-state index in [1.54, 1.807) is 21.3 Å². The van der Waals surface area contributed by atoms with Crippen LogP contribution in [0.5, 0.6) is 0 Å². The summed E-state index contributed by atoms with van der Waals surface area (Å²) in [5, 5.41) is 8.42. The summed E-state index contributed by atoms with van der Waals surface area (Å²) in [6, 6.07) is 0. The van der Waals surface area contributed by atoms with Crippen LogP contribution >= 0.6 is 0 Å². The topological polar surface area (TPSA) is 81.1 Å². The minimum atomic E-state index is 0.0972. The molecule has 9 heteroatoms. The summed E-state index contributed by atoms with van der Waals surface area (Å²) in [7, 11) is 9.55. The molecule has 0 radical (unpaired) electrons. The van der Waals surface area contributed by atoms with Crippen molar-refractivity contribution in [3.05, 3.63) is 17.0 Å². The standard InChI is InChI=1S/C29H51N5O4/c1-30-14-15-32(2)18-25-27(22-10-12-29(13-11-22,20-36-3)21-37-4)26-19-33(16-17-34(26)31-25)28(35)23-6-8-24(38-5)9-7-23/h22-24,30H,6-21H2,1-5H3. The zero-order chi connectivity index (χ0) is 27.1. The number of aromatic nitrogens is 2. The van der Waals surface area contributed by atoms with Crippen molar-refractivity contribution in [1.82, 2.24) is 24.9 Å². The van der Waals surface area contributed by atoms with E-state index in [0.29, 0.717) is 24.5 Å². The first-order chi connectivity index (χ1) is 18.4. The average Bonchev–Trinajstić information content (AvgIpc) is 3.29. The normalized spacial score (nSPS) is 24.1. The summed E-state index contributed by atoms with van der Waals surface area (Å²) in [4.78, 5) is 18.1. The molecule has 38 heavy (non-hydrogen) atoms. The Bertz CT molecular complexity index is 882. The zero-order valence-electron chi connectivity index (χ0n) is 24.5. The van der Waals surface area contributed by atoms with E-state index < -0.39 is 0 Å². The van der Waals surface area contributed by atoms with E-state index in [4.69, 9.17) is 19.3 Å². The molecule has 2 saturated carbocycles. The molecule has 0 unspecified atom stereocenters. The predicted octanol–water partition coefficient (Wildman–Crippen LogP) is 3.02. The molecule has 216 valence electrons. The number of fused-ring (bicyclic) bond motifs is 1. The molecular weight excluding hydrogens is 482 g/mol. The molecule has 2 fully saturated rings. The monoisotopic (exact) mass is 533 g/mol. The Balaban J connectivity index is 1.54. The van der Waals surface area contributed by atoms with Gasteiger partial charge in [0.25, 0.3) is 0 Å². The van der Waals surface area contributed by atoms with E-state index >= 15 is 0 Å². The molecule has 1 aromatic heterocycles. The van der Waals surface area contributed by atoms with Crippen LogP contribution in [0.2, 0.25) is 0 Å². The molecule has 0 atom stereocenters. The zero-order valence-corrected chi connectivity index (χ0v) is 24.5. The van der Waals surface area contributed by atoms with Gasteiger partial charge in [-0.15, -0.1) is 0 Å². The number of hydrogen-bond acceptors (Lipinski definition) is 7. The van der Waals surface area contributed by atoms with Crippen LogP contribution in [0.1, 0.15) is 74.2 Å². The maximum atomic E-state index is 13.6. The first kappa shape index (κ1) is 29.5. The number of hydrogen-bond donors (Lipinski definition) is 1. The molecule has 0 saturated heterocycles. The van der Waals surface area contributed by atoms with Crippen LogP contribution in [-0.2, 0) is 38.6 Å². The van der Waals surface area contributed by atoms with Crippen LogP contribution in [0.25, 0.3) is 0 Å². The van der Waals surface area contributed by atoms with Crippen molar-refractivity contribution in [2.75, 3.05) is 68.3 Å². The second kappa shape index (κ2) is 13.7. The van der Waals surface area contributed by atoms with Crippen LogP contribution in [0.4, 0.5) is 0 Å². The fraction of sp³-hybridized carbons (Fsp3) is 0.862. The number of carbonyl (C=O) groups is 1. The van der Waals surface area contributed by atoms with Crippen LogP contribution in [-0.4, -0.2) is 99.9 Å². The van der Waals surface area contributed by atoms with E-state index in [-0.39, 0.29) is 11.3 Å². The lowest BCUT2D eigenvalue weighted by atomic mass is 9.69. The highest BCUT2D eigenvalue weighted by molar-refractivity contribution is 5.79. The lowest BCUT2D eigenvalue weighted by molar-refractivity contribution is -0.139.